The van der Waals surface area contributed by atoms with Crippen LogP contribution in [0.25, 0.3) is 0 Å². The summed E-state index contributed by atoms with van der Waals surface area (Å²) in [7, 11) is -2.47. The minimum Gasteiger partial charge on any atom is -0.497 e. The summed E-state index contributed by atoms with van der Waals surface area (Å²) in [4.78, 5) is 12.7. The van der Waals surface area contributed by atoms with Gasteiger partial charge < -0.3 is 9.47 Å². The van der Waals surface area contributed by atoms with E-state index in [4.69, 9.17) is 9.47 Å². The van der Waals surface area contributed by atoms with Gasteiger partial charge in [-0.15, -0.1) is 0 Å². The second-order valence-corrected chi connectivity index (χ2v) is 9.18. The van der Waals surface area contributed by atoms with E-state index in [-0.39, 0.29) is 4.90 Å². The molecule has 0 fully saturated rings. The Labute approximate surface area is 199 Å². The van der Waals surface area contributed by atoms with Crippen molar-refractivity contribution in [1.82, 2.24) is 5.43 Å². The number of nitrogens with one attached hydrogen (secondary N) is 1. The number of ether oxygens (including phenoxy) is 2. The number of carbonyl (C=O) groups is 1. The Morgan fingerprint density at radius 2 is 1.74 bits per heavy atom. The zero-order chi connectivity index (χ0) is 24.6. The van der Waals surface area contributed by atoms with E-state index < -0.39 is 22.5 Å². The number of benzene rings is 3. The summed E-state index contributed by atoms with van der Waals surface area (Å²) in [5.41, 5.74) is 4.45. The average molecular weight is 482 g/mol. The van der Waals surface area contributed by atoms with Gasteiger partial charge in [0.05, 0.1) is 30.5 Å². The first-order valence-electron chi connectivity index (χ1n) is 10.6. The van der Waals surface area contributed by atoms with Crippen LogP contribution in [0.2, 0.25) is 0 Å². The molecule has 34 heavy (non-hydrogen) atoms. The maximum Gasteiger partial charge on any atom is 0.264 e. The lowest BCUT2D eigenvalue weighted by molar-refractivity contribution is -0.119. The summed E-state index contributed by atoms with van der Waals surface area (Å²) in [6, 6.07) is 20.1. The Balaban J connectivity index is 1.82. The molecule has 178 valence electrons. The first-order chi connectivity index (χ1) is 16.3. The largest absolute Gasteiger partial charge is 0.497 e. The highest BCUT2D eigenvalue weighted by molar-refractivity contribution is 7.92. The van der Waals surface area contributed by atoms with Crippen molar-refractivity contribution in [3.05, 3.63) is 83.9 Å². The molecule has 0 aliphatic rings. The molecule has 0 radical (unpaired) electrons. The quantitative estimate of drug-likeness (QED) is 0.351. The fraction of sp³-hybridized carbons (Fsp3) is 0.200. The van der Waals surface area contributed by atoms with E-state index in [9.17, 15) is 13.2 Å². The van der Waals surface area contributed by atoms with Crippen molar-refractivity contribution in [3.8, 4) is 11.5 Å². The van der Waals surface area contributed by atoms with Gasteiger partial charge >= 0.3 is 0 Å². The topological polar surface area (TPSA) is 97.3 Å². The Morgan fingerprint density at radius 1 is 1.03 bits per heavy atom. The van der Waals surface area contributed by atoms with E-state index in [0.29, 0.717) is 23.8 Å². The van der Waals surface area contributed by atoms with Crippen molar-refractivity contribution in [2.45, 2.75) is 18.7 Å². The number of rotatable bonds is 10. The van der Waals surface area contributed by atoms with Crippen LogP contribution in [-0.4, -0.2) is 40.8 Å². The molecule has 8 nitrogen and oxygen atoms in total. The predicted molar refractivity (Wildman–Crippen MR) is 132 cm³/mol. The van der Waals surface area contributed by atoms with Crippen molar-refractivity contribution < 1.29 is 22.7 Å². The molecule has 0 aliphatic carbocycles. The number of hydrogen-bond donors (Lipinski definition) is 1. The van der Waals surface area contributed by atoms with E-state index in [0.717, 1.165) is 15.4 Å². The second-order valence-electron chi connectivity index (χ2n) is 7.32. The van der Waals surface area contributed by atoms with Gasteiger partial charge in [-0.05, 0) is 67.9 Å². The van der Waals surface area contributed by atoms with Crippen LogP contribution in [0.5, 0.6) is 11.5 Å². The zero-order valence-electron chi connectivity index (χ0n) is 19.3. The zero-order valence-corrected chi connectivity index (χ0v) is 20.1. The molecule has 0 aliphatic heterocycles. The highest BCUT2D eigenvalue weighted by Gasteiger charge is 2.27. The SMILES string of the molecule is CCOc1ccc(S(=O)(=O)N(CC(=O)N/N=C\c2cccc(OC)c2)c2ccc(C)cc2)cc1. The van der Waals surface area contributed by atoms with Gasteiger partial charge in [0.15, 0.2) is 0 Å². The molecule has 0 unspecified atom stereocenters. The first-order valence-corrected chi connectivity index (χ1v) is 12.1. The Kier molecular flexibility index (Phi) is 8.26. The highest BCUT2D eigenvalue weighted by Crippen LogP contribution is 2.25. The number of aryl methyl sites for hydroxylation is 1. The van der Waals surface area contributed by atoms with Crippen LogP contribution in [0.15, 0.2) is 82.8 Å². The van der Waals surface area contributed by atoms with Gasteiger partial charge in [0, 0.05) is 0 Å². The van der Waals surface area contributed by atoms with Crippen LogP contribution in [0.4, 0.5) is 5.69 Å². The molecule has 1 amide bonds. The molecule has 0 spiro atoms. The third-order valence-electron chi connectivity index (χ3n) is 4.83. The second kappa shape index (κ2) is 11.3. The third-order valence-corrected chi connectivity index (χ3v) is 6.62. The fourth-order valence-corrected chi connectivity index (χ4v) is 4.52. The number of methoxy groups -OCH3 is 1. The summed E-state index contributed by atoms with van der Waals surface area (Å²) >= 11 is 0. The fourth-order valence-electron chi connectivity index (χ4n) is 3.09. The molecule has 3 aromatic rings. The van der Waals surface area contributed by atoms with Crippen molar-refractivity contribution in [2.24, 2.45) is 5.10 Å². The number of nitrogens with zero attached hydrogens (tertiary/aromatic N) is 2. The molecule has 9 heteroatoms. The van der Waals surface area contributed by atoms with Crippen LogP contribution in [0, 0.1) is 6.92 Å². The lowest BCUT2D eigenvalue weighted by atomic mass is 10.2. The first kappa shape index (κ1) is 24.8. The van der Waals surface area contributed by atoms with E-state index in [1.807, 2.05) is 13.8 Å². The van der Waals surface area contributed by atoms with E-state index in [1.165, 1.54) is 18.3 Å². The Morgan fingerprint density at radius 3 is 2.38 bits per heavy atom. The molecule has 1 N–H and O–H groups in total. The Bertz CT molecular complexity index is 1240. The van der Waals surface area contributed by atoms with Crippen LogP contribution >= 0.6 is 0 Å². The summed E-state index contributed by atoms with van der Waals surface area (Å²) in [5.74, 6) is 0.629. The van der Waals surface area contributed by atoms with Gasteiger partial charge in [0.2, 0.25) is 0 Å². The van der Waals surface area contributed by atoms with Gasteiger partial charge in [-0.3, -0.25) is 9.10 Å². The van der Waals surface area contributed by atoms with E-state index in [1.54, 1.807) is 67.8 Å². The Hall–Kier alpha value is -3.85. The molecular weight excluding hydrogens is 454 g/mol. The lowest BCUT2D eigenvalue weighted by Gasteiger charge is -2.24. The molecule has 0 saturated heterocycles. The van der Waals surface area contributed by atoms with E-state index in [2.05, 4.69) is 10.5 Å². The molecule has 0 saturated carbocycles. The average Bonchev–Trinajstić information content (AvgIpc) is 2.84. The third kappa shape index (κ3) is 6.35. The summed E-state index contributed by atoms with van der Waals surface area (Å²) in [5, 5.41) is 3.95. The molecule has 0 heterocycles. The van der Waals surface area contributed by atoms with Crippen LogP contribution < -0.4 is 19.2 Å². The molecule has 3 rings (SSSR count). The van der Waals surface area contributed by atoms with Crippen molar-refractivity contribution in [2.75, 3.05) is 24.6 Å². The summed E-state index contributed by atoms with van der Waals surface area (Å²) < 4.78 is 38.5. The number of carbonyl (C=O) groups excluding carboxylic acids is 1. The van der Waals surface area contributed by atoms with Crippen LogP contribution in [0.1, 0.15) is 18.1 Å². The van der Waals surface area contributed by atoms with Gasteiger partial charge in [-0.25, -0.2) is 13.8 Å². The number of amides is 1. The van der Waals surface area contributed by atoms with Gasteiger partial charge in [0.1, 0.15) is 18.0 Å². The monoisotopic (exact) mass is 481 g/mol. The van der Waals surface area contributed by atoms with Crippen LogP contribution in [-0.2, 0) is 14.8 Å². The molecule has 0 bridgehead atoms. The summed E-state index contributed by atoms with van der Waals surface area (Å²) in [6.45, 7) is 3.76. The summed E-state index contributed by atoms with van der Waals surface area (Å²) in [6.07, 6.45) is 1.46. The van der Waals surface area contributed by atoms with Gasteiger partial charge in [-0.2, -0.15) is 5.10 Å². The molecule has 3 aromatic carbocycles. The number of hydrazone groups is 1. The number of anilines is 1. The standard InChI is InChI=1S/C25H27N3O5S/c1-4-33-22-12-14-24(15-13-22)34(30,31)28(21-10-8-19(2)9-11-21)18-25(29)27-26-17-20-6-5-7-23(16-20)32-3/h5-17H,4,18H2,1-3H3,(H,27,29)/b26-17-. The lowest BCUT2D eigenvalue weighted by Crippen LogP contribution is -2.39. The van der Waals surface area contributed by atoms with Crippen molar-refractivity contribution >= 4 is 27.8 Å². The highest BCUT2D eigenvalue weighted by atomic mass is 32.2. The maximum absolute atomic E-state index is 13.4. The predicted octanol–water partition coefficient (Wildman–Crippen LogP) is 3.75. The van der Waals surface area contributed by atoms with Gasteiger partial charge in [0.25, 0.3) is 15.9 Å². The molecule has 0 atom stereocenters. The molecular formula is C25H27N3O5S. The number of hydrogen-bond acceptors (Lipinski definition) is 6. The van der Waals surface area contributed by atoms with Crippen molar-refractivity contribution in [3.63, 3.8) is 0 Å². The van der Waals surface area contributed by atoms with Crippen molar-refractivity contribution in [1.29, 1.82) is 0 Å². The minimum absolute atomic E-state index is 0.0456. The minimum atomic E-state index is -4.03. The normalized spacial score (nSPS) is 11.3. The van der Waals surface area contributed by atoms with E-state index >= 15 is 0 Å². The molecule has 0 aromatic heterocycles. The maximum atomic E-state index is 13.4. The number of sulfonamides is 1. The van der Waals surface area contributed by atoms with Crippen LogP contribution in [0.3, 0.4) is 0 Å². The van der Waals surface area contributed by atoms with Gasteiger partial charge in [-0.1, -0.05) is 29.8 Å². The smallest absolute Gasteiger partial charge is 0.264 e.